The summed E-state index contributed by atoms with van der Waals surface area (Å²) >= 11 is 0. The normalized spacial score (nSPS) is 11.4. The molecular weight excluding hydrogens is 236 g/mol. The standard InChI is InChI=1S/C12H14N2O4/c1-7(12(17)18)13-11(16)9-4-3-5-10(6-9)14-8(2)15/h3-7H,1-2H3,(H,13,16)(H,14,15)(H,17,18). The zero-order valence-electron chi connectivity index (χ0n) is 10.1. The maximum absolute atomic E-state index is 11.7. The van der Waals surface area contributed by atoms with Crippen molar-refractivity contribution in [3.8, 4) is 0 Å². The monoisotopic (exact) mass is 250 g/mol. The summed E-state index contributed by atoms with van der Waals surface area (Å²) in [4.78, 5) is 33.2. The maximum atomic E-state index is 11.7. The molecule has 1 aromatic carbocycles. The van der Waals surface area contributed by atoms with Gasteiger partial charge in [0.15, 0.2) is 0 Å². The molecular formula is C12H14N2O4. The van der Waals surface area contributed by atoms with E-state index >= 15 is 0 Å². The molecule has 1 atom stereocenters. The molecule has 1 rings (SSSR count). The van der Waals surface area contributed by atoms with Crippen molar-refractivity contribution in [3.63, 3.8) is 0 Å². The van der Waals surface area contributed by atoms with Crippen LogP contribution in [0.15, 0.2) is 24.3 Å². The summed E-state index contributed by atoms with van der Waals surface area (Å²) < 4.78 is 0. The summed E-state index contributed by atoms with van der Waals surface area (Å²) in [7, 11) is 0. The highest BCUT2D eigenvalue weighted by molar-refractivity contribution is 5.98. The molecule has 0 bridgehead atoms. The summed E-state index contributed by atoms with van der Waals surface area (Å²) in [6, 6.07) is 5.28. The van der Waals surface area contributed by atoms with E-state index in [0.717, 1.165) is 0 Å². The Morgan fingerprint density at radius 1 is 1.28 bits per heavy atom. The average molecular weight is 250 g/mol. The van der Waals surface area contributed by atoms with Gasteiger partial charge in [0.05, 0.1) is 0 Å². The van der Waals surface area contributed by atoms with Crippen LogP contribution in [0.4, 0.5) is 5.69 Å². The minimum absolute atomic E-state index is 0.244. The van der Waals surface area contributed by atoms with Gasteiger partial charge in [0.2, 0.25) is 5.91 Å². The van der Waals surface area contributed by atoms with Crippen LogP contribution in [0, 0.1) is 0 Å². The summed E-state index contributed by atoms with van der Waals surface area (Å²) in [6.45, 7) is 2.73. The first-order valence-electron chi connectivity index (χ1n) is 5.31. The average Bonchev–Trinajstić information content (AvgIpc) is 2.28. The first-order chi connectivity index (χ1) is 8.40. The van der Waals surface area contributed by atoms with Gasteiger partial charge in [0.25, 0.3) is 5.91 Å². The van der Waals surface area contributed by atoms with Gasteiger partial charge in [-0.2, -0.15) is 0 Å². The number of nitrogens with one attached hydrogen (secondary N) is 2. The Bertz CT molecular complexity index is 485. The van der Waals surface area contributed by atoms with Crippen LogP contribution in [0.3, 0.4) is 0 Å². The van der Waals surface area contributed by atoms with E-state index in [0.29, 0.717) is 5.69 Å². The number of hydrogen-bond donors (Lipinski definition) is 3. The van der Waals surface area contributed by atoms with Gasteiger partial charge in [-0.25, -0.2) is 0 Å². The summed E-state index contributed by atoms with van der Waals surface area (Å²) in [5.74, 6) is -1.86. The third-order valence-electron chi connectivity index (χ3n) is 2.16. The quantitative estimate of drug-likeness (QED) is 0.738. The molecule has 0 fully saturated rings. The fraction of sp³-hybridized carbons (Fsp3) is 0.250. The number of anilines is 1. The zero-order chi connectivity index (χ0) is 13.7. The van der Waals surface area contributed by atoms with Gasteiger partial charge in [0, 0.05) is 18.2 Å². The molecule has 0 heterocycles. The number of carbonyl (C=O) groups excluding carboxylic acids is 2. The molecule has 6 nitrogen and oxygen atoms in total. The van der Waals surface area contributed by atoms with Gasteiger partial charge in [-0.1, -0.05) is 6.07 Å². The van der Waals surface area contributed by atoms with E-state index in [1.807, 2.05) is 0 Å². The minimum Gasteiger partial charge on any atom is -0.480 e. The highest BCUT2D eigenvalue weighted by Crippen LogP contribution is 2.10. The van der Waals surface area contributed by atoms with Gasteiger partial charge in [0.1, 0.15) is 6.04 Å². The zero-order valence-corrected chi connectivity index (χ0v) is 10.1. The Morgan fingerprint density at radius 2 is 1.94 bits per heavy atom. The minimum atomic E-state index is -1.11. The summed E-state index contributed by atoms with van der Waals surface area (Å²) in [5, 5.41) is 13.5. The lowest BCUT2D eigenvalue weighted by Gasteiger charge is -2.10. The van der Waals surface area contributed by atoms with Crippen molar-refractivity contribution in [2.24, 2.45) is 0 Å². The maximum Gasteiger partial charge on any atom is 0.325 e. The molecule has 0 saturated heterocycles. The van der Waals surface area contributed by atoms with Crippen LogP contribution in [0.1, 0.15) is 24.2 Å². The van der Waals surface area contributed by atoms with E-state index in [2.05, 4.69) is 10.6 Å². The van der Waals surface area contributed by atoms with Gasteiger partial charge in [-0.05, 0) is 25.1 Å². The fourth-order valence-corrected chi connectivity index (χ4v) is 1.28. The number of carbonyl (C=O) groups is 3. The van der Waals surface area contributed by atoms with Crippen LogP contribution in [0.25, 0.3) is 0 Å². The van der Waals surface area contributed by atoms with Crippen molar-refractivity contribution < 1.29 is 19.5 Å². The van der Waals surface area contributed by atoms with Crippen molar-refractivity contribution in [1.29, 1.82) is 0 Å². The van der Waals surface area contributed by atoms with Crippen molar-refractivity contribution in [2.75, 3.05) is 5.32 Å². The van der Waals surface area contributed by atoms with Crippen LogP contribution in [0.2, 0.25) is 0 Å². The first kappa shape index (κ1) is 13.7. The highest BCUT2D eigenvalue weighted by atomic mass is 16.4. The fourth-order valence-electron chi connectivity index (χ4n) is 1.28. The number of amides is 2. The predicted molar refractivity (Wildman–Crippen MR) is 65.3 cm³/mol. The van der Waals surface area contributed by atoms with Crippen LogP contribution >= 0.6 is 0 Å². The molecule has 0 aromatic heterocycles. The molecule has 6 heteroatoms. The topological polar surface area (TPSA) is 95.5 Å². The second-order valence-electron chi connectivity index (χ2n) is 3.80. The molecule has 0 aliphatic heterocycles. The third kappa shape index (κ3) is 3.89. The van der Waals surface area contributed by atoms with Gasteiger partial charge >= 0.3 is 5.97 Å². The molecule has 96 valence electrons. The van der Waals surface area contributed by atoms with Gasteiger partial charge in [-0.15, -0.1) is 0 Å². The van der Waals surface area contributed by atoms with Crippen molar-refractivity contribution in [2.45, 2.75) is 19.9 Å². The smallest absolute Gasteiger partial charge is 0.325 e. The molecule has 0 saturated carbocycles. The molecule has 1 unspecified atom stereocenters. The lowest BCUT2D eigenvalue weighted by atomic mass is 10.1. The Morgan fingerprint density at radius 3 is 2.50 bits per heavy atom. The molecule has 0 aliphatic rings. The summed E-state index contributed by atoms with van der Waals surface area (Å²) in [5.41, 5.74) is 0.771. The van der Waals surface area contributed by atoms with Crippen LogP contribution in [-0.2, 0) is 9.59 Å². The molecule has 1 aromatic rings. The second kappa shape index (κ2) is 5.81. The number of benzene rings is 1. The second-order valence-corrected chi connectivity index (χ2v) is 3.80. The Labute approximate surface area is 104 Å². The van der Waals surface area contributed by atoms with E-state index in [9.17, 15) is 14.4 Å². The number of carboxylic acids is 1. The Balaban J connectivity index is 2.80. The van der Waals surface area contributed by atoms with E-state index in [-0.39, 0.29) is 11.5 Å². The van der Waals surface area contributed by atoms with Gasteiger partial charge in [-0.3, -0.25) is 14.4 Å². The van der Waals surface area contributed by atoms with Crippen molar-refractivity contribution >= 4 is 23.5 Å². The number of carboxylic acid groups (broad SMARTS) is 1. The largest absolute Gasteiger partial charge is 0.480 e. The van der Waals surface area contributed by atoms with E-state index in [1.165, 1.54) is 26.0 Å². The lowest BCUT2D eigenvalue weighted by Crippen LogP contribution is -2.38. The SMILES string of the molecule is CC(=O)Nc1cccc(C(=O)NC(C)C(=O)O)c1. The Kier molecular flexibility index (Phi) is 4.42. The first-order valence-corrected chi connectivity index (χ1v) is 5.31. The summed E-state index contributed by atoms with van der Waals surface area (Å²) in [6.07, 6.45) is 0. The third-order valence-corrected chi connectivity index (χ3v) is 2.16. The van der Waals surface area contributed by atoms with E-state index in [4.69, 9.17) is 5.11 Å². The number of hydrogen-bond acceptors (Lipinski definition) is 3. The van der Waals surface area contributed by atoms with E-state index < -0.39 is 17.9 Å². The number of rotatable bonds is 4. The molecule has 3 N–H and O–H groups in total. The molecule has 0 radical (unpaired) electrons. The predicted octanol–water partition coefficient (Wildman–Crippen LogP) is 0.848. The van der Waals surface area contributed by atoms with Crippen LogP contribution in [-0.4, -0.2) is 28.9 Å². The molecule has 0 aliphatic carbocycles. The molecule has 0 spiro atoms. The van der Waals surface area contributed by atoms with Crippen molar-refractivity contribution in [1.82, 2.24) is 5.32 Å². The highest BCUT2D eigenvalue weighted by Gasteiger charge is 2.15. The van der Waals surface area contributed by atoms with Crippen LogP contribution in [0.5, 0.6) is 0 Å². The van der Waals surface area contributed by atoms with Crippen LogP contribution < -0.4 is 10.6 Å². The Hall–Kier alpha value is -2.37. The van der Waals surface area contributed by atoms with Crippen molar-refractivity contribution in [3.05, 3.63) is 29.8 Å². The lowest BCUT2D eigenvalue weighted by molar-refractivity contribution is -0.138. The van der Waals surface area contributed by atoms with Gasteiger partial charge < -0.3 is 15.7 Å². The molecule has 2 amide bonds. The number of aliphatic carboxylic acids is 1. The van der Waals surface area contributed by atoms with E-state index in [1.54, 1.807) is 12.1 Å². The molecule has 18 heavy (non-hydrogen) atoms.